The fourth-order valence-electron chi connectivity index (χ4n) is 3.39. The van der Waals surface area contributed by atoms with Crippen LogP contribution in [0.3, 0.4) is 0 Å². The Labute approximate surface area is 203 Å². The van der Waals surface area contributed by atoms with Crippen LogP contribution in [0, 0.1) is 11.8 Å². The highest BCUT2D eigenvalue weighted by Gasteiger charge is 2.44. The van der Waals surface area contributed by atoms with Crippen LogP contribution in [0.15, 0.2) is 18.3 Å². The Kier molecular flexibility index (Phi) is 9.56. The molecule has 0 saturated heterocycles. The number of carbonyl (C=O) groups is 2. The number of nitrogens with zero attached hydrogens (tertiary/aromatic N) is 1. The first-order valence-corrected chi connectivity index (χ1v) is 18.2. The number of hydrogen-bond donors (Lipinski definition) is 0. The van der Waals surface area contributed by atoms with Gasteiger partial charge in [0.2, 0.25) is 0 Å². The average molecular weight is 498 g/mol. The second kappa shape index (κ2) is 10.6. The van der Waals surface area contributed by atoms with E-state index in [1.165, 1.54) is 4.57 Å². The van der Waals surface area contributed by atoms with Crippen LogP contribution >= 0.6 is 0 Å². The first kappa shape index (κ1) is 29.8. The molecule has 1 rings (SSSR count). The van der Waals surface area contributed by atoms with Crippen LogP contribution < -0.4 is 0 Å². The molecule has 0 fully saturated rings. The predicted molar refractivity (Wildman–Crippen MR) is 140 cm³/mol. The first-order valence-electron chi connectivity index (χ1n) is 11.9. The fraction of sp³-hybridized carbons (Fsp3) is 0.760. The van der Waals surface area contributed by atoms with Gasteiger partial charge in [0.05, 0.1) is 17.9 Å². The Morgan fingerprint density at radius 2 is 1.55 bits per heavy atom. The molecule has 1 aromatic rings. The normalized spacial score (nSPS) is 17.2. The van der Waals surface area contributed by atoms with E-state index in [2.05, 4.69) is 60.4 Å². The van der Waals surface area contributed by atoms with E-state index in [-0.39, 0.29) is 23.0 Å². The van der Waals surface area contributed by atoms with Crippen molar-refractivity contribution in [2.24, 2.45) is 11.8 Å². The summed E-state index contributed by atoms with van der Waals surface area (Å²) in [5.74, 6) is -0.468. The zero-order chi connectivity index (χ0) is 26.0. The molecule has 0 N–H and O–H groups in total. The van der Waals surface area contributed by atoms with Gasteiger partial charge >= 0.3 is 6.09 Å². The fourth-order valence-corrected chi connectivity index (χ4v) is 5.96. The number of aromatic nitrogens is 1. The van der Waals surface area contributed by atoms with Gasteiger partial charge in [0.15, 0.2) is 16.6 Å². The first-order chi connectivity index (χ1) is 14.7. The molecule has 0 bridgehead atoms. The van der Waals surface area contributed by atoms with Crippen molar-refractivity contribution in [3.05, 3.63) is 24.0 Å². The second-order valence-corrected chi connectivity index (χ2v) is 21.8. The van der Waals surface area contributed by atoms with Gasteiger partial charge in [-0.3, -0.25) is 4.57 Å². The molecule has 1 heterocycles. The van der Waals surface area contributed by atoms with E-state index >= 15 is 0 Å². The molecule has 0 unspecified atom stereocenters. The summed E-state index contributed by atoms with van der Waals surface area (Å²) in [6.45, 7) is 26.9. The molecule has 0 aromatic carbocycles. The number of rotatable bonds is 9. The molecular formula is C25H47NO5Si2. The minimum Gasteiger partial charge on any atom is -0.443 e. The van der Waals surface area contributed by atoms with E-state index in [0.29, 0.717) is 0 Å². The zero-order valence-electron chi connectivity index (χ0n) is 23.1. The molecule has 0 radical (unpaired) electrons. The number of aldehydes is 1. The summed E-state index contributed by atoms with van der Waals surface area (Å²) < 4.78 is 20.7. The van der Waals surface area contributed by atoms with Gasteiger partial charge in [0.25, 0.3) is 0 Å². The summed E-state index contributed by atoms with van der Waals surface area (Å²) in [4.78, 5) is 24.9. The van der Waals surface area contributed by atoms with E-state index in [1.807, 2.05) is 39.8 Å². The quantitative estimate of drug-likeness (QED) is 0.271. The van der Waals surface area contributed by atoms with Crippen LogP contribution in [0.4, 0.5) is 4.79 Å². The van der Waals surface area contributed by atoms with Crippen molar-refractivity contribution < 1.29 is 23.2 Å². The van der Waals surface area contributed by atoms with E-state index in [1.54, 1.807) is 6.20 Å². The maximum atomic E-state index is 13.0. The van der Waals surface area contributed by atoms with Gasteiger partial charge in [-0.15, -0.1) is 0 Å². The van der Waals surface area contributed by atoms with Crippen molar-refractivity contribution in [1.82, 2.24) is 4.57 Å². The molecule has 0 saturated carbocycles. The van der Waals surface area contributed by atoms with Crippen molar-refractivity contribution in [3.8, 4) is 0 Å². The van der Waals surface area contributed by atoms with Gasteiger partial charge in [-0.2, -0.15) is 0 Å². The molecule has 4 atom stereocenters. The lowest BCUT2D eigenvalue weighted by Gasteiger charge is -2.43. The SMILES string of the molecule is C[C@H]([C@H](O[Si](C)(C)C)[C@@H](C)C=O)[C@H](O[Si](C)(C)C(C)(C)C)c1cccn1C(=O)OC(C)(C)C. The summed E-state index contributed by atoms with van der Waals surface area (Å²) in [7, 11) is -4.20. The lowest BCUT2D eigenvalue weighted by Crippen LogP contribution is -2.47. The maximum absolute atomic E-state index is 13.0. The molecule has 0 aliphatic carbocycles. The third-order valence-electron chi connectivity index (χ3n) is 6.11. The van der Waals surface area contributed by atoms with Crippen molar-refractivity contribution >= 4 is 29.0 Å². The Morgan fingerprint density at radius 1 is 1.00 bits per heavy atom. The highest BCUT2D eigenvalue weighted by molar-refractivity contribution is 6.74. The average Bonchev–Trinajstić information content (AvgIpc) is 3.09. The van der Waals surface area contributed by atoms with E-state index in [4.69, 9.17) is 13.6 Å². The predicted octanol–water partition coefficient (Wildman–Crippen LogP) is 7.03. The molecule has 0 amide bonds. The van der Waals surface area contributed by atoms with Crippen LogP contribution in [0.5, 0.6) is 0 Å². The summed E-state index contributed by atoms with van der Waals surface area (Å²) in [6.07, 6.45) is 1.47. The van der Waals surface area contributed by atoms with Gasteiger partial charge < -0.3 is 18.4 Å². The van der Waals surface area contributed by atoms with Crippen LogP contribution in [0.25, 0.3) is 0 Å². The molecule has 6 nitrogen and oxygen atoms in total. The monoisotopic (exact) mass is 497 g/mol. The number of ether oxygens (including phenoxy) is 1. The molecular weight excluding hydrogens is 450 g/mol. The summed E-state index contributed by atoms with van der Waals surface area (Å²) in [5.41, 5.74) is 0.110. The second-order valence-electron chi connectivity index (χ2n) is 12.6. The van der Waals surface area contributed by atoms with Crippen molar-refractivity contribution in [3.63, 3.8) is 0 Å². The summed E-state index contributed by atoms with van der Waals surface area (Å²) >= 11 is 0. The Morgan fingerprint density at radius 3 is 1.97 bits per heavy atom. The lowest BCUT2D eigenvalue weighted by atomic mass is 9.88. The molecule has 33 heavy (non-hydrogen) atoms. The molecule has 190 valence electrons. The van der Waals surface area contributed by atoms with Gasteiger partial charge in [0, 0.05) is 18.0 Å². The third-order valence-corrected chi connectivity index (χ3v) is 11.5. The summed E-state index contributed by atoms with van der Waals surface area (Å²) in [5, 5.41) is -0.0281. The summed E-state index contributed by atoms with van der Waals surface area (Å²) in [6, 6.07) is 3.75. The Bertz CT molecular complexity index is 799. The topological polar surface area (TPSA) is 66.8 Å². The molecule has 1 aromatic heterocycles. The minimum atomic E-state index is -2.24. The molecule has 0 spiro atoms. The van der Waals surface area contributed by atoms with Crippen LogP contribution in [-0.4, -0.2) is 45.3 Å². The maximum Gasteiger partial charge on any atom is 0.418 e. The zero-order valence-corrected chi connectivity index (χ0v) is 25.1. The van der Waals surface area contributed by atoms with Gasteiger partial charge in [-0.25, -0.2) is 4.79 Å². The highest BCUT2D eigenvalue weighted by atomic mass is 28.4. The van der Waals surface area contributed by atoms with Gasteiger partial charge in [-0.1, -0.05) is 34.6 Å². The van der Waals surface area contributed by atoms with E-state index in [0.717, 1.165) is 12.0 Å². The van der Waals surface area contributed by atoms with Crippen molar-refractivity contribution in [2.45, 2.75) is 111 Å². The Balaban J connectivity index is 3.58. The number of carbonyl (C=O) groups excluding carboxylic acids is 2. The standard InChI is InChI=1S/C25H47NO5Si2/c1-18(17-27)21(30-32(9,10)11)19(2)22(31-33(12,13)25(6,7)8)20-15-14-16-26(20)23(28)29-24(3,4)5/h14-19,21-22H,1-13H3/t18-,19+,21+,22-/m0/s1. The Hall–Kier alpha value is -1.23. The van der Waals surface area contributed by atoms with Crippen LogP contribution in [0.1, 0.15) is 67.2 Å². The van der Waals surface area contributed by atoms with E-state index < -0.39 is 34.4 Å². The van der Waals surface area contributed by atoms with Crippen LogP contribution in [0.2, 0.25) is 37.8 Å². The molecule has 0 aliphatic rings. The van der Waals surface area contributed by atoms with Crippen molar-refractivity contribution in [2.75, 3.05) is 0 Å². The third kappa shape index (κ3) is 8.49. The number of hydrogen-bond acceptors (Lipinski definition) is 5. The largest absolute Gasteiger partial charge is 0.443 e. The van der Waals surface area contributed by atoms with E-state index in [9.17, 15) is 9.59 Å². The van der Waals surface area contributed by atoms with Crippen molar-refractivity contribution in [1.29, 1.82) is 0 Å². The highest BCUT2D eigenvalue weighted by Crippen LogP contribution is 2.43. The molecule has 8 heteroatoms. The lowest BCUT2D eigenvalue weighted by molar-refractivity contribution is -0.115. The van der Waals surface area contributed by atoms with Crippen LogP contribution in [-0.2, 0) is 18.4 Å². The molecule has 0 aliphatic heterocycles. The smallest absolute Gasteiger partial charge is 0.418 e. The van der Waals surface area contributed by atoms with Gasteiger partial charge in [-0.05, 0) is 70.7 Å². The minimum absolute atomic E-state index is 0.0281. The van der Waals surface area contributed by atoms with Gasteiger partial charge in [0.1, 0.15) is 11.9 Å².